The third-order valence-corrected chi connectivity index (χ3v) is 6.11. The number of phenolic OH excluding ortho intramolecular Hbond substituents is 1. The SMILES string of the molecule is COc1cccc(C(=O)NC2CCN(c3nc(-c4ccc(O)cc4)nc4cc(C)ccc34)C2)c1. The van der Waals surface area contributed by atoms with Crippen LogP contribution in [0.15, 0.2) is 66.7 Å². The van der Waals surface area contributed by atoms with Crippen molar-refractivity contribution in [2.45, 2.75) is 19.4 Å². The van der Waals surface area contributed by atoms with Gasteiger partial charge in [0, 0.05) is 35.6 Å². The first-order chi connectivity index (χ1) is 16.5. The minimum Gasteiger partial charge on any atom is -0.508 e. The number of anilines is 1. The predicted octanol–water partition coefficient (Wildman–Crippen LogP) is 4.33. The third kappa shape index (κ3) is 4.37. The van der Waals surface area contributed by atoms with Gasteiger partial charge in [0.25, 0.3) is 5.91 Å². The Morgan fingerprint density at radius 3 is 2.71 bits per heavy atom. The summed E-state index contributed by atoms with van der Waals surface area (Å²) in [4.78, 5) is 24.7. The molecule has 0 saturated carbocycles. The van der Waals surface area contributed by atoms with Gasteiger partial charge in [-0.2, -0.15) is 0 Å². The van der Waals surface area contributed by atoms with Crippen LogP contribution in [0.5, 0.6) is 11.5 Å². The fourth-order valence-corrected chi connectivity index (χ4v) is 4.31. The summed E-state index contributed by atoms with van der Waals surface area (Å²) in [6.45, 7) is 3.48. The van der Waals surface area contributed by atoms with E-state index in [2.05, 4.69) is 28.4 Å². The molecule has 0 bridgehead atoms. The Labute approximate surface area is 198 Å². The number of methoxy groups -OCH3 is 1. The van der Waals surface area contributed by atoms with Gasteiger partial charge in [-0.15, -0.1) is 0 Å². The molecular weight excluding hydrogens is 428 g/mol. The molecule has 1 aliphatic heterocycles. The molecule has 0 spiro atoms. The van der Waals surface area contributed by atoms with Crippen LogP contribution in [0.25, 0.3) is 22.3 Å². The fraction of sp³-hybridized carbons (Fsp3) is 0.222. The molecular formula is C27H26N4O3. The van der Waals surface area contributed by atoms with Crippen LogP contribution in [-0.2, 0) is 0 Å². The van der Waals surface area contributed by atoms with Gasteiger partial charge in [0.2, 0.25) is 0 Å². The number of fused-ring (bicyclic) bond motifs is 1. The molecule has 172 valence electrons. The molecule has 1 aromatic heterocycles. The van der Waals surface area contributed by atoms with E-state index in [1.54, 1.807) is 31.4 Å². The minimum atomic E-state index is -0.112. The van der Waals surface area contributed by atoms with E-state index in [0.717, 1.165) is 40.8 Å². The maximum Gasteiger partial charge on any atom is 0.251 e. The van der Waals surface area contributed by atoms with Gasteiger partial charge in [-0.3, -0.25) is 4.79 Å². The van der Waals surface area contributed by atoms with Crippen LogP contribution in [0.1, 0.15) is 22.3 Å². The van der Waals surface area contributed by atoms with E-state index in [1.165, 1.54) is 0 Å². The summed E-state index contributed by atoms with van der Waals surface area (Å²) in [6, 6.07) is 20.3. The molecule has 0 radical (unpaired) electrons. The highest BCUT2D eigenvalue weighted by atomic mass is 16.5. The molecule has 4 aromatic rings. The van der Waals surface area contributed by atoms with E-state index in [9.17, 15) is 9.90 Å². The zero-order valence-electron chi connectivity index (χ0n) is 19.2. The molecule has 5 rings (SSSR count). The first-order valence-corrected chi connectivity index (χ1v) is 11.3. The molecule has 34 heavy (non-hydrogen) atoms. The van der Waals surface area contributed by atoms with Crippen LogP contribution < -0.4 is 15.0 Å². The van der Waals surface area contributed by atoms with Crippen molar-refractivity contribution in [1.29, 1.82) is 0 Å². The Kier molecular flexibility index (Phi) is 5.76. The first-order valence-electron chi connectivity index (χ1n) is 11.3. The Balaban J connectivity index is 1.42. The lowest BCUT2D eigenvalue weighted by atomic mass is 10.1. The monoisotopic (exact) mass is 454 g/mol. The Morgan fingerprint density at radius 2 is 1.91 bits per heavy atom. The lowest BCUT2D eigenvalue weighted by Crippen LogP contribution is -2.37. The molecule has 2 heterocycles. The third-order valence-electron chi connectivity index (χ3n) is 6.11. The topological polar surface area (TPSA) is 87.6 Å². The number of aryl methyl sites for hydroxylation is 1. The second kappa shape index (κ2) is 9.02. The molecule has 1 aliphatic rings. The van der Waals surface area contributed by atoms with Gasteiger partial charge in [0.1, 0.15) is 17.3 Å². The second-order valence-electron chi connectivity index (χ2n) is 8.58. The Morgan fingerprint density at radius 1 is 1.09 bits per heavy atom. The lowest BCUT2D eigenvalue weighted by Gasteiger charge is -2.21. The van der Waals surface area contributed by atoms with Crippen LogP contribution in [0.2, 0.25) is 0 Å². The summed E-state index contributed by atoms with van der Waals surface area (Å²) >= 11 is 0. The maximum atomic E-state index is 12.8. The Hall–Kier alpha value is -4.13. The van der Waals surface area contributed by atoms with Crippen molar-refractivity contribution in [3.8, 4) is 22.9 Å². The van der Waals surface area contributed by atoms with Crippen molar-refractivity contribution >= 4 is 22.6 Å². The summed E-state index contributed by atoms with van der Waals surface area (Å²) in [5.74, 6) is 2.21. The molecule has 0 aliphatic carbocycles. The molecule has 1 amide bonds. The van der Waals surface area contributed by atoms with Gasteiger partial charge in [-0.25, -0.2) is 9.97 Å². The van der Waals surface area contributed by atoms with Crippen molar-refractivity contribution in [3.63, 3.8) is 0 Å². The summed E-state index contributed by atoms with van der Waals surface area (Å²) in [5, 5.41) is 13.8. The number of hydrogen-bond acceptors (Lipinski definition) is 6. The molecule has 1 atom stereocenters. The summed E-state index contributed by atoms with van der Waals surface area (Å²) in [6.07, 6.45) is 0.821. The number of phenols is 1. The smallest absolute Gasteiger partial charge is 0.251 e. The zero-order valence-corrected chi connectivity index (χ0v) is 19.2. The van der Waals surface area contributed by atoms with E-state index in [4.69, 9.17) is 14.7 Å². The van der Waals surface area contributed by atoms with Crippen molar-refractivity contribution in [1.82, 2.24) is 15.3 Å². The number of rotatable bonds is 5. The average Bonchev–Trinajstić information content (AvgIpc) is 3.31. The predicted molar refractivity (Wildman–Crippen MR) is 132 cm³/mol. The quantitative estimate of drug-likeness (QED) is 0.467. The molecule has 1 fully saturated rings. The summed E-state index contributed by atoms with van der Waals surface area (Å²) < 4.78 is 5.24. The van der Waals surface area contributed by atoms with Crippen molar-refractivity contribution in [2.24, 2.45) is 0 Å². The number of aromatic nitrogens is 2. The number of nitrogens with zero attached hydrogens (tertiary/aromatic N) is 3. The number of benzene rings is 3. The van der Waals surface area contributed by atoms with Crippen LogP contribution in [0.3, 0.4) is 0 Å². The highest BCUT2D eigenvalue weighted by Gasteiger charge is 2.27. The van der Waals surface area contributed by atoms with Crippen molar-refractivity contribution in [3.05, 3.63) is 77.9 Å². The minimum absolute atomic E-state index is 0.00582. The van der Waals surface area contributed by atoms with E-state index in [0.29, 0.717) is 23.7 Å². The summed E-state index contributed by atoms with van der Waals surface area (Å²) in [5.41, 5.74) is 3.41. The standard InChI is InChI=1S/C27H26N4O3/c1-17-6-11-23-24(14-17)29-25(18-7-9-21(32)10-8-18)30-26(23)31-13-12-20(16-31)28-27(33)19-4-3-5-22(15-19)34-2/h3-11,14-15,20,32H,12-13,16H2,1-2H3,(H,28,33). The normalized spacial score (nSPS) is 15.5. The van der Waals surface area contributed by atoms with Crippen LogP contribution in [0.4, 0.5) is 5.82 Å². The number of carbonyl (C=O) groups is 1. The molecule has 2 N–H and O–H groups in total. The molecule has 7 heteroatoms. The van der Waals surface area contributed by atoms with Crippen molar-refractivity contribution in [2.75, 3.05) is 25.1 Å². The molecule has 3 aromatic carbocycles. The highest BCUT2D eigenvalue weighted by molar-refractivity contribution is 5.95. The average molecular weight is 455 g/mol. The van der Waals surface area contributed by atoms with E-state index < -0.39 is 0 Å². The van der Waals surface area contributed by atoms with Crippen molar-refractivity contribution < 1.29 is 14.6 Å². The molecule has 1 unspecified atom stereocenters. The van der Waals surface area contributed by atoms with Gasteiger partial charge in [0.15, 0.2) is 5.82 Å². The number of amides is 1. The first kappa shape index (κ1) is 21.7. The number of carbonyl (C=O) groups excluding carboxylic acids is 1. The lowest BCUT2D eigenvalue weighted by molar-refractivity contribution is 0.0940. The maximum absolute atomic E-state index is 12.8. The number of ether oxygens (including phenoxy) is 1. The van der Waals surface area contributed by atoms with Gasteiger partial charge < -0.3 is 20.1 Å². The number of hydrogen-bond donors (Lipinski definition) is 2. The fourth-order valence-electron chi connectivity index (χ4n) is 4.31. The number of nitrogens with one attached hydrogen (secondary N) is 1. The number of aromatic hydroxyl groups is 1. The molecule has 7 nitrogen and oxygen atoms in total. The van der Waals surface area contributed by atoms with E-state index in [1.807, 2.05) is 31.2 Å². The van der Waals surface area contributed by atoms with E-state index in [-0.39, 0.29) is 17.7 Å². The van der Waals surface area contributed by atoms with Gasteiger partial charge in [0.05, 0.1) is 12.6 Å². The molecule has 1 saturated heterocycles. The van der Waals surface area contributed by atoms with Gasteiger partial charge in [-0.1, -0.05) is 12.1 Å². The largest absolute Gasteiger partial charge is 0.508 e. The van der Waals surface area contributed by atoms with E-state index >= 15 is 0 Å². The van der Waals surface area contributed by atoms with Crippen LogP contribution in [-0.4, -0.2) is 47.2 Å². The summed E-state index contributed by atoms with van der Waals surface area (Å²) in [7, 11) is 1.59. The van der Waals surface area contributed by atoms with Gasteiger partial charge in [-0.05, 0) is 73.5 Å². The second-order valence-corrected chi connectivity index (χ2v) is 8.58. The zero-order chi connectivity index (χ0) is 23.7. The van der Waals surface area contributed by atoms with Gasteiger partial charge >= 0.3 is 0 Å². The van der Waals surface area contributed by atoms with Crippen LogP contribution in [0, 0.1) is 6.92 Å². The Bertz CT molecular complexity index is 1350. The van der Waals surface area contributed by atoms with Crippen LogP contribution >= 0.6 is 0 Å². The highest BCUT2D eigenvalue weighted by Crippen LogP contribution is 2.31.